The first kappa shape index (κ1) is 13.9. The van der Waals surface area contributed by atoms with E-state index < -0.39 is 0 Å². The van der Waals surface area contributed by atoms with Gasteiger partial charge in [0.15, 0.2) is 0 Å². The van der Waals surface area contributed by atoms with Crippen LogP contribution in [0.3, 0.4) is 0 Å². The molecule has 1 aromatic rings. The van der Waals surface area contributed by atoms with E-state index in [1.807, 2.05) is 6.07 Å². The summed E-state index contributed by atoms with van der Waals surface area (Å²) in [5.41, 5.74) is 1.04. The molecule has 1 rings (SSSR count). The number of benzene rings is 1. The number of aromatic hydroxyl groups is 1. The number of hydrogen-bond donors (Lipinski definition) is 2. The Morgan fingerprint density at radius 2 is 2.35 bits per heavy atom. The fourth-order valence-electron chi connectivity index (χ4n) is 1.35. The summed E-state index contributed by atoms with van der Waals surface area (Å²) in [5.74, 6) is 1.40. The molecular weight excluding hydrogens is 238 g/mol. The topological polar surface area (TPSA) is 58.6 Å². The van der Waals surface area contributed by atoms with Crippen molar-refractivity contribution in [1.82, 2.24) is 5.32 Å². The van der Waals surface area contributed by atoms with Crippen LogP contribution < -0.4 is 5.32 Å². The van der Waals surface area contributed by atoms with Crippen LogP contribution in [-0.2, 0) is 15.3 Å². The maximum Gasteiger partial charge on any atom is 0.323 e. The first-order valence-corrected chi connectivity index (χ1v) is 6.43. The Labute approximate surface area is 105 Å². The minimum Gasteiger partial charge on any atom is -0.508 e. The lowest BCUT2D eigenvalue weighted by atomic mass is 10.2. The second-order valence-corrected chi connectivity index (χ2v) is 4.58. The largest absolute Gasteiger partial charge is 0.508 e. The fourth-order valence-corrected chi connectivity index (χ4v) is 2.42. The number of ether oxygens (including phenoxy) is 1. The van der Waals surface area contributed by atoms with Crippen molar-refractivity contribution in [2.75, 3.05) is 19.9 Å². The third-order valence-electron chi connectivity index (χ3n) is 2.30. The summed E-state index contributed by atoms with van der Waals surface area (Å²) >= 11 is 1.62. The zero-order chi connectivity index (χ0) is 12.7. The van der Waals surface area contributed by atoms with Gasteiger partial charge in [0, 0.05) is 11.5 Å². The molecule has 5 heteroatoms. The lowest BCUT2D eigenvalue weighted by Crippen LogP contribution is -2.37. The van der Waals surface area contributed by atoms with Crippen molar-refractivity contribution in [2.45, 2.75) is 11.8 Å². The summed E-state index contributed by atoms with van der Waals surface area (Å²) in [6.07, 6.45) is 0. The minimum atomic E-state index is -0.290. The van der Waals surface area contributed by atoms with Crippen LogP contribution in [0.4, 0.5) is 0 Å². The summed E-state index contributed by atoms with van der Waals surface area (Å²) in [4.78, 5) is 11.3. The summed E-state index contributed by atoms with van der Waals surface area (Å²) in [7, 11) is 3.11. The zero-order valence-corrected chi connectivity index (χ0v) is 10.8. The molecule has 0 heterocycles. The number of methoxy groups -OCH3 is 1. The number of esters is 1. The molecule has 0 fully saturated rings. The van der Waals surface area contributed by atoms with E-state index in [0.717, 1.165) is 11.3 Å². The molecule has 0 aliphatic heterocycles. The van der Waals surface area contributed by atoms with E-state index in [1.54, 1.807) is 37.0 Å². The quantitative estimate of drug-likeness (QED) is 0.752. The Bertz CT molecular complexity index is 371. The third kappa shape index (κ3) is 4.66. The predicted molar refractivity (Wildman–Crippen MR) is 69.1 cm³/mol. The molecule has 0 spiro atoms. The Morgan fingerprint density at radius 1 is 1.59 bits per heavy atom. The van der Waals surface area contributed by atoms with Gasteiger partial charge in [-0.3, -0.25) is 4.79 Å². The standard InChI is InChI=1S/C12H17NO3S/c1-13-11(12(15)16-2)8-17-7-9-4-3-5-10(14)6-9/h3-6,11,13-14H,7-8H2,1-2H3. The number of carbonyl (C=O) groups is 1. The highest BCUT2D eigenvalue weighted by molar-refractivity contribution is 7.98. The highest BCUT2D eigenvalue weighted by Gasteiger charge is 2.16. The van der Waals surface area contributed by atoms with Gasteiger partial charge < -0.3 is 15.2 Å². The van der Waals surface area contributed by atoms with Gasteiger partial charge >= 0.3 is 5.97 Å². The van der Waals surface area contributed by atoms with Gasteiger partial charge in [-0.2, -0.15) is 11.8 Å². The van der Waals surface area contributed by atoms with Gasteiger partial charge in [-0.05, 0) is 24.7 Å². The zero-order valence-electron chi connectivity index (χ0n) is 9.97. The van der Waals surface area contributed by atoms with E-state index in [9.17, 15) is 9.90 Å². The minimum absolute atomic E-state index is 0.254. The van der Waals surface area contributed by atoms with Crippen LogP contribution in [0.25, 0.3) is 0 Å². The highest BCUT2D eigenvalue weighted by atomic mass is 32.2. The van der Waals surface area contributed by atoms with Gasteiger partial charge in [0.25, 0.3) is 0 Å². The second kappa shape index (κ2) is 7.19. The second-order valence-electron chi connectivity index (χ2n) is 3.55. The average Bonchev–Trinajstić information content (AvgIpc) is 2.34. The molecule has 1 unspecified atom stereocenters. The SMILES string of the molecule is CNC(CSCc1cccc(O)c1)C(=O)OC. The smallest absolute Gasteiger partial charge is 0.323 e. The predicted octanol–water partition coefficient (Wildman–Crippen LogP) is 1.39. The van der Waals surface area contributed by atoms with E-state index in [1.165, 1.54) is 7.11 Å². The Kier molecular flexibility index (Phi) is 5.86. The maximum absolute atomic E-state index is 11.3. The van der Waals surface area contributed by atoms with Gasteiger partial charge in [-0.1, -0.05) is 12.1 Å². The van der Waals surface area contributed by atoms with Crippen LogP contribution in [-0.4, -0.2) is 37.0 Å². The maximum atomic E-state index is 11.3. The Morgan fingerprint density at radius 3 is 2.94 bits per heavy atom. The fraction of sp³-hybridized carbons (Fsp3) is 0.417. The first-order valence-electron chi connectivity index (χ1n) is 5.28. The molecule has 0 saturated heterocycles. The average molecular weight is 255 g/mol. The molecule has 0 aromatic heterocycles. The van der Waals surface area contributed by atoms with E-state index in [-0.39, 0.29) is 17.8 Å². The van der Waals surface area contributed by atoms with Crippen molar-refractivity contribution < 1.29 is 14.6 Å². The summed E-state index contributed by atoms with van der Waals surface area (Å²) in [6.45, 7) is 0. The van der Waals surface area contributed by atoms with Crippen LogP contribution in [0, 0.1) is 0 Å². The highest BCUT2D eigenvalue weighted by Crippen LogP contribution is 2.17. The van der Waals surface area contributed by atoms with Crippen LogP contribution in [0.5, 0.6) is 5.75 Å². The number of hydrogen-bond acceptors (Lipinski definition) is 5. The number of likely N-dealkylation sites (N-methyl/N-ethyl adjacent to an activating group) is 1. The number of phenolic OH excluding ortho intramolecular Hbond substituents is 1. The van der Waals surface area contributed by atoms with Crippen LogP contribution in [0.1, 0.15) is 5.56 Å². The first-order chi connectivity index (χ1) is 8.17. The normalized spacial score (nSPS) is 12.1. The molecule has 1 atom stereocenters. The third-order valence-corrected chi connectivity index (χ3v) is 3.40. The molecule has 1 aromatic carbocycles. The molecule has 4 nitrogen and oxygen atoms in total. The number of thioether (sulfide) groups is 1. The lowest BCUT2D eigenvalue weighted by Gasteiger charge is -2.12. The molecule has 17 heavy (non-hydrogen) atoms. The van der Waals surface area contributed by atoms with E-state index in [4.69, 9.17) is 0 Å². The molecule has 0 saturated carbocycles. The van der Waals surface area contributed by atoms with Gasteiger partial charge in [-0.25, -0.2) is 0 Å². The van der Waals surface area contributed by atoms with Crippen molar-refractivity contribution >= 4 is 17.7 Å². The number of phenols is 1. The Hall–Kier alpha value is -1.20. The van der Waals surface area contributed by atoms with E-state index in [0.29, 0.717) is 5.75 Å². The van der Waals surface area contributed by atoms with Crippen LogP contribution in [0.2, 0.25) is 0 Å². The van der Waals surface area contributed by atoms with Crippen molar-refractivity contribution in [3.8, 4) is 5.75 Å². The van der Waals surface area contributed by atoms with Gasteiger partial charge in [0.05, 0.1) is 7.11 Å². The number of carbonyl (C=O) groups excluding carboxylic acids is 1. The summed E-state index contributed by atoms with van der Waals surface area (Å²) < 4.78 is 4.67. The van der Waals surface area contributed by atoms with Gasteiger partial charge in [-0.15, -0.1) is 0 Å². The Balaban J connectivity index is 2.38. The molecule has 0 radical (unpaired) electrons. The van der Waals surface area contributed by atoms with Crippen molar-refractivity contribution in [2.24, 2.45) is 0 Å². The molecule has 0 bridgehead atoms. The molecular formula is C12H17NO3S. The molecule has 2 N–H and O–H groups in total. The molecule has 0 aliphatic carbocycles. The van der Waals surface area contributed by atoms with Gasteiger partial charge in [0.2, 0.25) is 0 Å². The number of nitrogens with one attached hydrogen (secondary N) is 1. The molecule has 94 valence electrons. The van der Waals surface area contributed by atoms with Gasteiger partial charge in [0.1, 0.15) is 11.8 Å². The van der Waals surface area contributed by atoms with Crippen LogP contribution >= 0.6 is 11.8 Å². The van der Waals surface area contributed by atoms with Crippen molar-refractivity contribution in [1.29, 1.82) is 0 Å². The molecule has 0 aliphatic rings. The summed E-state index contributed by atoms with van der Waals surface area (Å²) in [5, 5.41) is 12.2. The van der Waals surface area contributed by atoms with Crippen molar-refractivity contribution in [3.63, 3.8) is 0 Å². The van der Waals surface area contributed by atoms with Crippen LogP contribution in [0.15, 0.2) is 24.3 Å². The lowest BCUT2D eigenvalue weighted by molar-refractivity contribution is -0.142. The molecule has 0 amide bonds. The van der Waals surface area contributed by atoms with E-state index >= 15 is 0 Å². The number of rotatable bonds is 6. The van der Waals surface area contributed by atoms with Crippen molar-refractivity contribution in [3.05, 3.63) is 29.8 Å². The summed E-state index contributed by atoms with van der Waals surface area (Å²) in [6, 6.07) is 6.82. The monoisotopic (exact) mass is 255 g/mol. The van der Waals surface area contributed by atoms with E-state index in [2.05, 4.69) is 10.1 Å².